The molecule has 63 heavy (non-hydrogen) atoms. The minimum Gasteiger partial charge on any atom is -0.506 e. The average Bonchev–Trinajstić information content (AvgIpc) is 3.24. The highest BCUT2D eigenvalue weighted by Gasteiger charge is 2.24. The number of H-pyrrole nitrogens is 1. The van der Waals surface area contributed by atoms with Crippen LogP contribution in [0, 0.1) is 0 Å². The number of hydrogen-bond donors (Lipinski definition) is 8. The maximum absolute atomic E-state index is 12.9. The number of halogens is 1. The number of amides is 2. The Morgan fingerprint density at radius 1 is 0.889 bits per heavy atom. The number of aliphatic hydroxyl groups is 1. The number of phenols is 1. The molecule has 0 bridgehead atoms. The number of phenolic OH excluding ortho intramolecular Hbond substituents is 1. The van der Waals surface area contributed by atoms with Crippen LogP contribution in [0.5, 0.6) is 11.5 Å². The summed E-state index contributed by atoms with van der Waals surface area (Å²) in [4.78, 5) is 42.2. The first kappa shape index (κ1) is 48.5. The van der Waals surface area contributed by atoms with E-state index in [0.29, 0.717) is 72.1 Å². The summed E-state index contributed by atoms with van der Waals surface area (Å²) in [7, 11) is -7.07. The van der Waals surface area contributed by atoms with E-state index in [4.69, 9.17) is 30.2 Å². The van der Waals surface area contributed by atoms with Crippen LogP contribution in [0.15, 0.2) is 95.8 Å². The predicted octanol–water partition coefficient (Wildman–Crippen LogP) is 5.19. The summed E-state index contributed by atoms with van der Waals surface area (Å²) in [6.07, 6.45) is -0.0575. The van der Waals surface area contributed by atoms with E-state index in [1.165, 1.54) is 19.2 Å². The molecule has 338 valence electrons. The summed E-state index contributed by atoms with van der Waals surface area (Å²) in [5, 5.41) is 30.9. The van der Waals surface area contributed by atoms with E-state index in [0.717, 1.165) is 16.7 Å². The van der Waals surface area contributed by atoms with Crippen molar-refractivity contribution in [2.24, 2.45) is 0 Å². The van der Waals surface area contributed by atoms with Crippen LogP contribution in [-0.4, -0.2) is 109 Å². The highest BCUT2D eigenvalue weighted by molar-refractivity contribution is 7.89. The smallest absolute Gasteiger partial charge is 0.411 e. The largest absolute Gasteiger partial charge is 0.506 e. The van der Waals surface area contributed by atoms with E-state index in [2.05, 4.69) is 25.8 Å². The molecular weight excluding hydrogens is 882 g/mol. The maximum atomic E-state index is 12.9. The molecule has 1 aliphatic rings. The Balaban J connectivity index is 0.000000667. The lowest BCUT2D eigenvalue weighted by molar-refractivity contribution is -0.116. The number of nitrogens with one attached hydrogen (secondary N) is 4. The van der Waals surface area contributed by atoms with Crippen molar-refractivity contribution in [2.75, 3.05) is 55.4 Å². The first-order valence-corrected chi connectivity index (χ1v) is 23.1. The van der Waals surface area contributed by atoms with Crippen LogP contribution in [0.3, 0.4) is 0 Å². The number of methoxy groups -OCH3 is 1. The average molecular weight is 930 g/mol. The second-order valence-corrected chi connectivity index (χ2v) is 18.0. The number of piperidine rings is 1. The molecule has 1 aromatic heterocycles. The van der Waals surface area contributed by atoms with E-state index < -0.39 is 43.9 Å². The van der Waals surface area contributed by atoms with E-state index in [9.17, 15) is 41.4 Å². The molecule has 1 saturated heterocycles. The monoisotopic (exact) mass is 929 g/mol. The summed E-state index contributed by atoms with van der Waals surface area (Å²) in [6.45, 7) is 2.40. The molecule has 6 rings (SSSR count). The second-order valence-electron chi connectivity index (χ2n) is 14.4. The van der Waals surface area contributed by atoms with Gasteiger partial charge in [0.2, 0.25) is 11.5 Å². The molecule has 2 heterocycles. The number of carbonyl (C=O) groups excluding carboxylic acids is 2. The third-order valence-corrected chi connectivity index (χ3v) is 11.9. The van der Waals surface area contributed by atoms with Crippen molar-refractivity contribution in [3.63, 3.8) is 0 Å². The molecule has 1 aliphatic heterocycles. The van der Waals surface area contributed by atoms with Crippen LogP contribution >= 0.6 is 11.6 Å². The minimum absolute atomic E-state index is 0.0800. The molecule has 18 nitrogen and oxygen atoms in total. The number of aliphatic hydroxyl groups excluding tert-OH is 1. The molecule has 4 aromatic carbocycles. The summed E-state index contributed by atoms with van der Waals surface area (Å²) < 4.78 is 66.7. The fourth-order valence-electron chi connectivity index (χ4n) is 6.71. The van der Waals surface area contributed by atoms with Gasteiger partial charge in [-0.15, -0.1) is 0 Å². The number of benzene rings is 4. The number of pyridine rings is 1. The van der Waals surface area contributed by atoms with E-state index in [1.807, 2.05) is 54.6 Å². The number of fused-ring (bicyclic) bond motifs is 1. The fourth-order valence-corrected chi connectivity index (χ4v) is 8.63. The summed E-state index contributed by atoms with van der Waals surface area (Å²) in [6, 6.07) is 26.8. The summed E-state index contributed by atoms with van der Waals surface area (Å²) in [5.41, 5.74) is 4.21. The van der Waals surface area contributed by atoms with Crippen molar-refractivity contribution in [3.8, 4) is 22.6 Å². The molecule has 2 amide bonds. The number of aromatic hydroxyl groups is 1. The lowest BCUT2D eigenvalue weighted by Gasteiger charge is -2.31. The summed E-state index contributed by atoms with van der Waals surface area (Å²) >= 11 is 6.57. The van der Waals surface area contributed by atoms with Gasteiger partial charge in [0.25, 0.3) is 20.2 Å². The molecule has 0 spiro atoms. The van der Waals surface area contributed by atoms with Crippen LogP contribution in [0.4, 0.5) is 16.2 Å². The standard InChI is InChI=1S/C40H42ClN5O7.C2H6O6S2/c1-52-36-22-33(31(41)21-26(36)23-42-24-35(48)29-11-13-34(47)39-30(29)12-14-37(49)45-39)43-38(50)17-20-46-18-15-27(16-19-46)53-40(51)44-32-10-6-5-9-28(32)25-7-3-2-4-8-25;3-9(4,5)1-2-10(6,7)8/h2-14,21-22,27,35,42,47-48H,15-20,23-24H2,1H3,(H,43,50)(H,44,51)(H,45,49);1-2H2,(H,3,4,5)(H,6,7,8)/t35-;/m0./s1. The highest BCUT2D eigenvalue weighted by Crippen LogP contribution is 2.33. The van der Waals surface area contributed by atoms with Gasteiger partial charge in [-0.2, -0.15) is 16.8 Å². The number of para-hydroxylation sites is 1. The normalized spacial score (nSPS) is 14.0. The van der Waals surface area contributed by atoms with Gasteiger partial charge in [0.05, 0.1) is 46.6 Å². The van der Waals surface area contributed by atoms with Gasteiger partial charge in [-0.25, -0.2) is 4.79 Å². The van der Waals surface area contributed by atoms with Gasteiger partial charge >= 0.3 is 6.09 Å². The van der Waals surface area contributed by atoms with Gasteiger partial charge in [-0.3, -0.25) is 24.0 Å². The third kappa shape index (κ3) is 15.0. The number of hydrogen-bond acceptors (Lipinski definition) is 13. The number of carbonyl (C=O) groups is 2. The topological polar surface area (TPSA) is 274 Å². The quantitative estimate of drug-likeness (QED) is 0.0592. The zero-order valence-corrected chi connectivity index (χ0v) is 36.4. The Kier molecular flexibility index (Phi) is 17.0. The first-order valence-electron chi connectivity index (χ1n) is 19.5. The van der Waals surface area contributed by atoms with Gasteiger partial charge in [-0.05, 0) is 48.2 Å². The molecule has 8 N–H and O–H groups in total. The Labute approximate surface area is 368 Å². The van der Waals surface area contributed by atoms with Crippen LogP contribution in [0.25, 0.3) is 22.0 Å². The van der Waals surface area contributed by atoms with Crippen molar-refractivity contribution in [1.29, 1.82) is 0 Å². The molecule has 0 aliphatic carbocycles. The van der Waals surface area contributed by atoms with Gasteiger partial charge in [0.1, 0.15) is 17.6 Å². The zero-order valence-electron chi connectivity index (χ0n) is 34.0. The van der Waals surface area contributed by atoms with Crippen molar-refractivity contribution >= 4 is 66.1 Å². The minimum atomic E-state index is -4.30. The molecule has 1 atom stereocenters. The molecule has 0 radical (unpaired) electrons. The Morgan fingerprint density at radius 2 is 1.56 bits per heavy atom. The van der Waals surface area contributed by atoms with E-state index >= 15 is 0 Å². The van der Waals surface area contributed by atoms with Crippen LogP contribution in [-0.2, 0) is 36.3 Å². The first-order chi connectivity index (χ1) is 29.9. The van der Waals surface area contributed by atoms with Crippen molar-refractivity contribution in [2.45, 2.75) is 38.0 Å². The lowest BCUT2D eigenvalue weighted by Crippen LogP contribution is -2.39. The number of likely N-dealkylation sites (tertiary alicyclic amines) is 1. The molecule has 0 unspecified atom stereocenters. The zero-order chi connectivity index (χ0) is 45.7. The second kappa shape index (κ2) is 22.2. The number of rotatable bonds is 16. The van der Waals surface area contributed by atoms with Gasteiger partial charge in [0.15, 0.2) is 0 Å². The summed E-state index contributed by atoms with van der Waals surface area (Å²) in [5.74, 6) is -1.73. The Bertz CT molecular complexity index is 2630. The third-order valence-electron chi connectivity index (χ3n) is 9.87. The number of ether oxygens (including phenoxy) is 2. The van der Waals surface area contributed by atoms with Gasteiger partial charge in [0, 0.05) is 67.8 Å². The maximum Gasteiger partial charge on any atom is 0.411 e. The van der Waals surface area contributed by atoms with Crippen molar-refractivity contribution < 1.29 is 55.2 Å². The van der Waals surface area contributed by atoms with Gasteiger partial charge in [-0.1, -0.05) is 66.2 Å². The number of nitrogens with zero attached hydrogens (tertiary/aromatic N) is 1. The molecule has 0 saturated carbocycles. The van der Waals surface area contributed by atoms with Crippen molar-refractivity contribution in [1.82, 2.24) is 15.2 Å². The predicted molar refractivity (Wildman–Crippen MR) is 238 cm³/mol. The van der Waals surface area contributed by atoms with Crippen molar-refractivity contribution in [3.05, 3.63) is 117 Å². The molecular formula is C42H48ClN5O13S2. The van der Waals surface area contributed by atoms with Crippen LogP contribution in [0.2, 0.25) is 5.02 Å². The van der Waals surface area contributed by atoms with Crippen LogP contribution < -0.4 is 26.2 Å². The number of anilines is 2. The number of aromatic amines is 1. The number of aromatic nitrogens is 1. The Hall–Kier alpha value is -5.58. The Morgan fingerprint density at radius 3 is 2.22 bits per heavy atom. The molecule has 1 fully saturated rings. The highest BCUT2D eigenvalue weighted by atomic mass is 35.5. The SMILES string of the molecule is COc1cc(NC(=O)CCN2CCC(OC(=O)Nc3ccccc3-c3ccccc3)CC2)c(Cl)cc1CNC[C@H](O)c1ccc(O)c2[nH]c(=O)ccc12.O=S(=O)(O)CCS(=O)(=O)O. The van der Waals surface area contributed by atoms with E-state index in [-0.39, 0.29) is 41.8 Å². The molecule has 5 aromatic rings. The lowest BCUT2D eigenvalue weighted by atomic mass is 10.0. The van der Waals surface area contributed by atoms with E-state index in [1.54, 1.807) is 24.3 Å². The fraction of sp³-hybridized carbons (Fsp3) is 0.310. The van der Waals surface area contributed by atoms with Crippen LogP contribution in [0.1, 0.15) is 36.5 Å². The molecule has 21 heteroatoms. The van der Waals surface area contributed by atoms with Gasteiger partial charge < -0.3 is 40.2 Å².